The molecule has 9 nitrogen and oxygen atoms in total. The molecule has 1 atom stereocenters. The molecule has 5 rings (SSSR count). The molecule has 1 aliphatic rings. The van der Waals surface area contributed by atoms with Crippen molar-refractivity contribution in [1.29, 1.82) is 0 Å². The molecule has 3 N–H and O–H groups in total. The number of morpholine rings is 1. The van der Waals surface area contributed by atoms with E-state index in [0.717, 1.165) is 51.6 Å². The van der Waals surface area contributed by atoms with Crippen LogP contribution in [0.2, 0.25) is 0 Å². The van der Waals surface area contributed by atoms with Crippen molar-refractivity contribution in [3.63, 3.8) is 0 Å². The van der Waals surface area contributed by atoms with Crippen LogP contribution in [-0.2, 0) is 4.74 Å². The molecule has 1 aliphatic heterocycles. The average molecular weight is 364 g/mol. The van der Waals surface area contributed by atoms with Crippen molar-refractivity contribution in [2.45, 2.75) is 19.9 Å². The molecule has 0 amide bonds. The van der Waals surface area contributed by atoms with Crippen LogP contribution in [0.5, 0.6) is 0 Å². The zero-order chi connectivity index (χ0) is 18.4. The van der Waals surface area contributed by atoms with Crippen LogP contribution in [-0.4, -0.2) is 61.4 Å². The molecule has 0 bridgehead atoms. The van der Waals surface area contributed by atoms with E-state index in [1.54, 1.807) is 6.20 Å². The minimum Gasteiger partial charge on any atom is -0.377 e. The summed E-state index contributed by atoms with van der Waals surface area (Å²) >= 11 is 0. The van der Waals surface area contributed by atoms with Gasteiger partial charge in [-0.3, -0.25) is 15.3 Å². The van der Waals surface area contributed by atoms with Crippen molar-refractivity contribution in [3.05, 3.63) is 30.2 Å². The van der Waals surface area contributed by atoms with Gasteiger partial charge in [-0.25, -0.2) is 4.98 Å². The third-order valence-electron chi connectivity index (χ3n) is 5.05. The average Bonchev–Trinajstić information content (AvgIpc) is 3.41. The van der Waals surface area contributed by atoms with E-state index in [2.05, 4.69) is 48.5 Å². The van der Waals surface area contributed by atoms with Crippen molar-refractivity contribution < 1.29 is 4.74 Å². The van der Waals surface area contributed by atoms with Gasteiger partial charge in [-0.15, -0.1) is 0 Å². The molecule has 0 aliphatic carbocycles. The number of rotatable bonds is 3. The van der Waals surface area contributed by atoms with Gasteiger partial charge >= 0.3 is 0 Å². The van der Waals surface area contributed by atoms with Gasteiger partial charge in [0.05, 0.1) is 31.1 Å². The maximum Gasteiger partial charge on any atom is 0.130 e. The summed E-state index contributed by atoms with van der Waals surface area (Å²) < 4.78 is 5.59. The number of fused-ring (bicyclic) bond motifs is 1. The summed E-state index contributed by atoms with van der Waals surface area (Å²) in [5, 5.41) is 21.9. The summed E-state index contributed by atoms with van der Waals surface area (Å²) in [6, 6.07) is 4.26. The Morgan fingerprint density at radius 1 is 1.15 bits per heavy atom. The highest BCUT2D eigenvalue weighted by atomic mass is 16.5. The van der Waals surface area contributed by atoms with Crippen LogP contribution in [0.15, 0.2) is 24.5 Å². The molecule has 1 fully saturated rings. The number of hydrogen-bond donors (Lipinski definition) is 3. The Morgan fingerprint density at radius 3 is 2.81 bits per heavy atom. The molecule has 0 aromatic carbocycles. The zero-order valence-corrected chi connectivity index (χ0v) is 15.2. The number of hydrogen-bond acceptors (Lipinski definition) is 6. The molecule has 5 heterocycles. The van der Waals surface area contributed by atoms with Gasteiger partial charge in [0, 0.05) is 29.6 Å². The van der Waals surface area contributed by atoms with Crippen molar-refractivity contribution >= 4 is 16.9 Å². The van der Waals surface area contributed by atoms with E-state index in [1.165, 1.54) is 0 Å². The van der Waals surface area contributed by atoms with Gasteiger partial charge in [0.2, 0.25) is 0 Å². The fraction of sp³-hybridized carbons (Fsp3) is 0.333. The summed E-state index contributed by atoms with van der Waals surface area (Å²) in [7, 11) is 0. The highest BCUT2D eigenvalue weighted by Gasteiger charge is 2.24. The number of anilines is 1. The molecule has 1 saturated heterocycles. The van der Waals surface area contributed by atoms with Gasteiger partial charge in [0.15, 0.2) is 0 Å². The Kier molecular flexibility index (Phi) is 3.68. The Balaban J connectivity index is 1.76. The maximum atomic E-state index is 5.59. The Hall–Kier alpha value is -3.20. The number of aryl methyl sites for hydroxylation is 1. The predicted octanol–water partition coefficient (Wildman–Crippen LogP) is 2.27. The smallest absolute Gasteiger partial charge is 0.130 e. The molecule has 9 heteroatoms. The summed E-state index contributed by atoms with van der Waals surface area (Å²) in [6.45, 7) is 6.36. The van der Waals surface area contributed by atoms with E-state index in [1.807, 2.05) is 19.2 Å². The second-order valence-electron chi connectivity index (χ2n) is 6.82. The van der Waals surface area contributed by atoms with E-state index in [9.17, 15) is 0 Å². The van der Waals surface area contributed by atoms with Crippen LogP contribution < -0.4 is 4.90 Å². The van der Waals surface area contributed by atoms with Crippen molar-refractivity contribution in [1.82, 2.24) is 35.6 Å². The SMILES string of the molecule is Cc1[nH]ncc1-c1cc(N2CCOC[C@H]2C)nc2c(-c3ccn[nH]3)[nH]nc12. The highest BCUT2D eigenvalue weighted by molar-refractivity contribution is 5.99. The first-order valence-corrected chi connectivity index (χ1v) is 8.96. The summed E-state index contributed by atoms with van der Waals surface area (Å²) in [4.78, 5) is 7.25. The molecular formula is C18H20N8O. The topological polar surface area (TPSA) is 111 Å². The quantitative estimate of drug-likeness (QED) is 0.514. The lowest BCUT2D eigenvalue weighted by molar-refractivity contribution is 0.0986. The lowest BCUT2D eigenvalue weighted by Gasteiger charge is -2.34. The molecule has 0 spiro atoms. The second-order valence-corrected chi connectivity index (χ2v) is 6.82. The molecule has 27 heavy (non-hydrogen) atoms. The standard InChI is InChI=1S/C18H20N8O/c1-10-9-27-6-5-26(10)15-7-12(13-8-20-22-11(13)2)16-18(21-15)17(25-24-16)14-3-4-19-23-14/h3-4,7-8,10H,5-6,9H2,1-2H3,(H,19,23)(H,20,22)(H,24,25)/t10-/m1/s1. The van der Waals surface area contributed by atoms with Gasteiger partial charge in [0.25, 0.3) is 0 Å². The fourth-order valence-electron chi connectivity index (χ4n) is 3.60. The fourth-order valence-corrected chi connectivity index (χ4v) is 3.60. The molecule has 0 unspecified atom stereocenters. The lowest BCUT2D eigenvalue weighted by Crippen LogP contribution is -2.44. The van der Waals surface area contributed by atoms with E-state index >= 15 is 0 Å². The van der Waals surface area contributed by atoms with Crippen LogP contribution >= 0.6 is 0 Å². The largest absolute Gasteiger partial charge is 0.377 e. The monoisotopic (exact) mass is 364 g/mol. The number of ether oxygens (including phenoxy) is 1. The van der Waals surface area contributed by atoms with Crippen LogP contribution in [0.25, 0.3) is 33.5 Å². The van der Waals surface area contributed by atoms with Gasteiger partial charge < -0.3 is 9.64 Å². The van der Waals surface area contributed by atoms with E-state index < -0.39 is 0 Å². The Bertz CT molecular complexity index is 1080. The minimum absolute atomic E-state index is 0.254. The first-order valence-electron chi connectivity index (χ1n) is 8.96. The lowest BCUT2D eigenvalue weighted by atomic mass is 10.0. The van der Waals surface area contributed by atoms with Crippen LogP contribution in [0.3, 0.4) is 0 Å². The summed E-state index contributed by atoms with van der Waals surface area (Å²) in [6.07, 6.45) is 3.55. The van der Waals surface area contributed by atoms with Crippen molar-refractivity contribution in [3.8, 4) is 22.5 Å². The summed E-state index contributed by atoms with van der Waals surface area (Å²) in [5.41, 5.74) is 6.32. The second kappa shape index (κ2) is 6.20. The third kappa shape index (κ3) is 2.58. The van der Waals surface area contributed by atoms with Gasteiger partial charge in [0.1, 0.15) is 22.5 Å². The number of pyridine rings is 1. The van der Waals surface area contributed by atoms with Crippen molar-refractivity contribution in [2.24, 2.45) is 0 Å². The number of nitrogens with one attached hydrogen (secondary N) is 3. The Morgan fingerprint density at radius 2 is 2.07 bits per heavy atom. The summed E-state index contributed by atoms with van der Waals surface area (Å²) in [5.74, 6) is 0.913. The third-order valence-corrected chi connectivity index (χ3v) is 5.05. The van der Waals surface area contributed by atoms with Gasteiger partial charge in [-0.05, 0) is 26.0 Å². The Labute approximate surface area is 155 Å². The molecule has 4 aromatic heterocycles. The van der Waals surface area contributed by atoms with Crippen molar-refractivity contribution in [2.75, 3.05) is 24.7 Å². The van der Waals surface area contributed by atoms with Crippen LogP contribution in [0.4, 0.5) is 5.82 Å². The minimum atomic E-state index is 0.254. The number of aromatic amines is 3. The van der Waals surface area contributed by atoms with E-state index in [-0.39, 0.29) is 6.04 Å². The molecular weight excluding hydrogens is 344 g/mol. The molecule has 0 radical (unpaired) electrons. The normalized spacial score (nSPS) is 17.7. The molecule has 4 aromatic rings. The highest BCUT2D eigenvalue weighted by Crippen LogP contribution is 2.35. The van der Waals surface area contributed by atoms with Crippen LogP contribution in [0, 0.1) is 6.92 Å². The molecule has 0 saturated carbocycles. The number of nitrogens with zero attached hydrogens (tertiary/aromatic N) is 5. The first kappa shape index (κ1) is 16.0. The van der Waals surface area contributed by atoms with Gasteiger partial charge in [-0.2, -0.15) is 15.3 Å². The van der Waals surface area contributed by atoms with E-state index in [4.69, 9.17) is 9.72 Å². The number of aromatic nitrogens is 7. The molecule has 138 valence electrons. The van der Waals surface area contributed by atoms with E-state index in [0.29, 0.717) is 13.2 Å². The first-order chi connectivity index (χ1) is 13.2. The zero-order valence-electron chi connectivity index (χ0n) is 15.2. The number of H-pyrrole nitrogens is 3. The van der Waals surface area contributed by atoms with Crippen LogP contribution in [0.1, 0.15) is 12.6 Å². The maximum absolute atomic E-state index is 5.59. The van der Waals surface area contributed by atoms with Gasteiger partial charge in [-0.1, -0.05) is 0 Å². The predicted molar refractivity (Wildman–Crippen MR) is 101 cm³/mol.